The highest BCUT2D eigenvalue weighted by Gasteiger charge is 2.30. The summed E-state index contributed by atoms with van der Waals surface area (Å²) in [7, 11) is 0. The van der Waals surface area contributed by atoms with Gasteiger partial charge in [0, 0.05) is 56.9 Å². The van der Waals surface area contributed by atoms with Crippen LogP contribution >= 0.6 is 0 Å². The van der Waals surface area contributed by atoms with Crippen molar-refractivity contribution in [3.8, 4) is 5.95 Å². The molecule has 1 aliphatic rings. The van der Waals surface area contributed by atoms with Gasteiger partial charge in [-0.3, -0.25) is 14.3 Å². The smallest absolute Gasteiger partial charge is 0.237 e. The van der Waals surface area contributed by atoms with Crippen molar-refractivity contribution in [3.63, 3.8) is 0 Å². The molecule has 4 heterocycles. The van der Waals surface area contributed by atoms with Gasteiger partial charge in [0.25, 0.3) is 0 Å². The average Bonchev–Trinajstić information content (AvgIpc) is 3.34. The Morgan fingerprint density at radius 3 is 2.74 bits per heavy atom. The van der Waals surface area contributed by atoms with Crippen LogP contribution in [0.4, 0.5) is 0 Å². The molecule has 4 rings (SSSR count). The molecule has 3 aromatic rings. The van der Waals surface area contributed by atoms with Crippen molar-refractivity contribution in [2.45, 2.75) is 46.1 Å². The lowest BCUT2D eigenvalue weighted by Crippen LogP contribution is -2.42. The van der Waals surface area contributed by atoms with Gasteiger partial charge in [-0.15, -0.1) is 0 Å². The van der Waals surface area contributed by atoms with Crippen molar-refractivity contribution in [1.29, 1.82) is 0 Å². The summed E-state index contributed by atoms with van der Waals surface area (Å²) < 4.78 is 13.1. The van der Waals surface area contributed by atoms with Crippen molar-refractivity contribution < 1.29 is 14.1 Å². The second-order valence-electron chi connectivity index (χ2n) is 7.89. The van der Waals surface area contributed by atoms with E-state index in [1.54, 1.807) is 25.4 Å². The number of aromatic nitrogens is 5. The largest absolute Gasteiger partial charge is 0.367 e. The number of ether oxygens (including phenoxy) is 1. The van der Waals surface area contributed by atoms with Crippen LogP contribution in [-0.2, 0) is 22.7 Å². The highest BCUT2D eigenvalue weighted by atomic mass is 16.5. The number of nitrogens with zero attached hydrogens (tertiary/aromatic N) is 7. The first-order valence-corrected chi connectivity index (χ1v) is 10.4. The Bertz CT molecular complexity index is 1000. The van der Waals surface area contributed by atoms with E-state index in [0.29, 0.717) is 43.8 Å². The number of carbonyl (C=O) groups excluding carboxylic acids is 1. The summed E-state index contributed by atoms with van der Waals surface area (Å²) in [4.78, 5) is 29.8. The minimum Gasteiger partial charge on any atom is -0.367 e. The van der Waals surface area contributed by atoms with E-state index in [1.165, 1.54) is 0 Å². The third kappa shape index (κ3) is 5.15. The monoisotopic (exact) mass is 425 g/mol. The predicted molar refractivity (Wildman–Crippen MR) is 111 cm³/mol. The summed E-state index contributed by atoms with van der Waals surface area (Å²) >= 11 is 0. The molecule has 31 heavy (non-hydrogen) atoms. The normalized spacial score (nSPS) is 18.0. The lowest BCUT2D eigenvalue weighted by Gasteiger charge is -2.27. The van der Waals surface area contributed by atoms with Crippen molar-refractivity contribution in [1.82, 2.24) is 34.5 Å². The number of hydrogen-bond acceptors (Lipinski definition) is 8. The van der Waals surface area contributed by atoms with E-state index >= 15 is 0 Å². The predicted octanol–water partition coefficient (Wildman–Crippen LogP) is 1.60. The van der Waals surface area contributed by atoms with Gasteiger partial charge in [0.05, 0.1) is 12.6 Å². The maximum Gasteiger partial charge on any atom is 0.237 e. The molecule has 164 valence electrons. The molecule has 0 saturated carbocycles. The van der Waals surface area contributed by atoms with E-state index in [-0.39, 0.29) is 24.7 Å². The third-order valence-electron chi connectivity index (χ3n) is 5.17. The summed E-state index contributed by atoms with van der Waals surface area (Å²) in [6, 6.07) is 5.85. The zero-order chi connectivity index (χ0) is 21.8. The summed E-state index contributed by atoms with van der Waals surface area (Å²) in [5, 5.41) is 3.90. The Kier molecular flexibility index (Phi) is 6.38. The number of amides is 1. The van der Waals surface area contributed by atoms with Crippen LogP contribution in [0.2, 0.25) is 0 Å². The summed E-state index contributed by atoms with van der Waals surface area (Å²) in [5.41, 5.74) is 1.00. The maximum atomic E-state index is 12.9. The third-order valence-corrected chi connectivity index (χ3v) is 5.17. The maximum absolute atomic E-state index is 12.9. The molecule has 10 heteroatoms. The summed E-state index contributed by atoms with van der Waals surface area (Å²) in [6.45, 7) is 8.04. The number of aryl methyl sites for hydroxylation is 1. The van der Waals surface area contributed by atoms with Crippen LogP contribution in [0.25, 0.3) is 5.95 Å². The van der Waals surface area contributed by atoms with Gasteiger partial charge in [0.1, 0.15) is 6.61 Å². The molecule has 0 aromatic carbocycles. The van der Waals surface area contributed by atoms with Crippen LogP contribution < -0.4 is 0 Å². The van der Waals surface area contributed by atoms with Gasteiger partial charge in [0.15, 0.2) is 5.82 Å². The standard InChI is InChI=1S/C21H27N7O3/c1-15(2)28-12-18(30-14-19-24-16(3)31-25-19)11-26(13-20(28)29)10-17-6-4-9-27(17)21-22-7-5-8-23-21/h4-9,15,18H,10-14H2,1-3H3/t18-/m1/s1. The van der Waals surface area contributed by atoms with Crippen LogP contribution in [0.1, 0.15) is 31.3 Å². The van der Waals surface area contributed by atoms with Crippen LogP contribution in [0.3, 0.4) is 0 Å². The van der Waals surface area contributed by atoms with E-state index in [2.05, 4.69) is 25.0 Å². The fourth-order valence-corrected chi connectivity index (χ4v) is 3.72. The van der Waals surface area contributed by atoms with Crippen LogP contribution in [0, 0.1) is 6.92 Å². The lowest BCUT2D eigenvalue weighted by atomic mass is 10.2. The quantitative estimate of drug-likeness (QED) is 0.562. The van der Waals surface area contributed by atoms with E-state index in [4.69, 9.17) is 9.26 Å². The fourth-order valence-electron chi connectivity index (χ4n) is 3.72. The van der Waals surface area contributed by atoms with Gasteiger partial charge in [0.2, 0.25) is 17.7 Å². The first-order chi connectivity index (χ1) is 15.0. The van der Waals surface area contributed by atoms with Gasteiger partial charge in [-0.1, -0.05) is 5.16 Å². The van der Waals surface area contributed by atoms with Crippen molar-refractivity contribution in [2.75, 3.05) is 19.6 Å². The van der Waals surface area contributed by atoms with Crippen LogP contribution in [0.15, 0.2) is 41.3 Å². The molecule has 0 spiro atoms. The van der Waals surface area contributed by atoms with E-state index in [1.807, 2.05) is 41.6 Å². The molecule has 1 fully saturated rings. The Morgan fingerprint density at radius 2 is 2.03 bits per heavy atom. The van der Waals surface area contributed by atoms with Gasteiger partial charge in [-0.25, -0.2) is 9.97 Å². The Hall–Kier alpha value is -3.11. The summed E-state index contributed by atoms with van der Waals surface area (Å²) in [5.74, 6) is 1.70. The highest BCUT2D eigenvalue weighted by Crippen LogP contribution is 2.17. The van der Waals surface area contributed by atoms with E-state index < -0.39 is 0 Å². The first-order valence-electron chi connectivity index (χ1n) is 10.4. The van der Waals surface area contributed by atoms with Crippen molar-refractivity contribution >= 4 is 5.91 Å². The van der Waals surface area contributed by atoms with Gasteiger partial charge in [-0.2, -0.15) is 4.98 Å². The minimum atomic E-state index is -0.177. The molecule has 0 unspecified atom stereocenters. The molecular formula is C21H27N7O3. The molecule has 3 aromatic heterocycles. The molecule has 10 nitrogen and oxygen atoms in total. The Morgan fingerprint density at radius 1 is 1.23 bits per heavy atom. The van der Waals surface area contributed by atoms with Crippen molar-refractivity contribution in [3.05, 3.63) is 54.2 Å². The van der Waals surface area contributed by atoms with Crippen LogP contribution in [-0.4, -0.2) is 72.2 Å². The number of carbonyl (C=O) groups is 1. The molecule has 0 aliphatic carbocycles. The Labute approximate surface area is 180 Å². The first kappa shape index (κ1) is 21.1. The molecule has 1 aliphatic heterocycles. The van der Waals surface area contributed by atoms with Gasteiger partial charge >= 0.3 is 0 Å². The zero-order valence-electron chi connectivity index (χ0n) is 18.0. The molecule has 1 amide bonds. The summed E-state index contributed by atoms with van der Waals surface area (Å²) in [6.07, 6.45) is 5.18. The topological polar surface area (TPSA) is 102 Å². The number of hydrogen-bond donors (Lipinski definition) is 0. The molecule has 1 saturated heterocycles. The minimum absolute atomic E-state index is 0.0885. The molecular weight excluding hydrogens is 398 g/mol. The second-order valence-corrected chi connectivity index (χ2v) is 7.89. The van der Waals surface area contributed by atoms with E-state index in [0.717, 1.165) is 5.69 Å². The molecule has 1 atom stereocenters. The van der Waals surface area contributed by atoms with Crippen molar-refractivity contribution in [2.24, 2.45) is 0 Å². The van der Waals surface area contributed by atoms with Crippen LogP contribution in [0.5, 0.6) is 0 Å². The average molecular weight is 425 g/mol. The SMILES string of the molecule is Cc1nc(CO[C@@H]2CN(Cc3cccn3-c3ncccn3)CC(=O)N(C(C)C)C2)no1. The van der Waals surface area contributed by atoms with E-state index in [9.17, 15) is 4.79 Å². The fraction of sp³-hybridized carbons (Fsp3) is 0.476. The molecule has 0 bridgehead atoms. The van der Waals surface area contributed by atoms with Gasteiger partial charge in [-0.05, 0) is 32.0 Å². The number of rotatable bonds is 7. The Balaban J connectivity index is 1.50. The highest BCUT2D eigenvalue weighted by molar-refractivity contribution is 5.79. The molecule has 0 N–H and O–H groups in total. The second kappa shape index (κ2) is 9.36. The lowest BCUT2D eigenvalue weighted by molar-refractivity contribution is -0.133. The zero-order valence-corrected chi connectivity index (χ0v) is 18.0. The molecule has 0 radical (unpaired) electrons. The van der Waals surface area contributed by atoms with Gasteiger partial charge < -0.3 is 14.2 Å².